The molecule has 2 aromatic rings. The fraction of sp³-hybridized carbons (Fsp3) is 0.286. The zero-order valence-electron chi connectivity index (χ0n) is 11.7. The van der Waals surface area contributed by atoms with E-state index in [1.165, 1.54) is 4.90 Å². The molecule has 20 heavy (non-hydrogen) atoms. The number of pyridine rings is 1. The molecule has 0 aliphatic carbocycles. The molecule has 0 N–H and O–H groups in total. The summed E-state index contributed by atoms with van der Waals surface area (Å²) < 4.78 is 1.56. The van der Waals surface area contributed by atoms with Crippen molar-refractivity contribution in [2.75, 3.05) is 14.1 Å². The summed E-state index contributed by atoms with van der Waals surface area (Å²) in [6.45, 7) is 1.80. The number of aromatic nitrogens is 3. The van der Waals surface area contributed by atoms with Gasteiger partial charge in [-0.1, -0.05) is 6.92 Å². The lowest BCUT2D eigenvalue weighted by molar-refractivity contribution is 0.0821. The van der Waals surface area contributed by atoms with Gasteiger partial charge in [0.1, 0.15) is 5.69 Å². The minimum Gasteiger partial charge on any atom is -0.343 e. The Morgan fingerprint density at radius 3 is 2.50 bits per heavy atom. The number of carbonyl (C=O) groups is 2. The predicted molar refractivity (Wildman–Crippen MR) is 74.0 cm³/mol. The van der Waals surface area contributed by atoms with Crippen molar-refractivity contribution in [3.63, 3.8) is 0 Å². The Hall–Kier alpha value is -2.50. The van der Waals surface area contributed by atoms with Crippen LogP contribution in [0.1, 0.15) is 34.3 Å². The number of rotatable bonds is 4. The zero-order chi connectivity index (χ0) is 14.7. The number of ketones is 1. The molecule has 104 valence electrons. The molecule has 2 heterocycles. The van der Waals surface area contributed by atoms with Crippen LogP contribution in [-0.4, -0.2) is 45.5 Å². The summed E-state index contributed by atoms with van der Waals surface area (Å²) in [5.74, 6) is -0.157. The van der Waals surface area contributed by atoms with Crippen molar-refractivity contribution in [2.45, 2.75) is 13.3 Å². The first-order valence-electron chi connectivity index (χ1n) is 6.30. The fourth-order valence-electron chi connectivity index (χ4n) is 1.68. The lowest BCUT2D eigenvalue weighted by Crippen LogP contribution is -2.22. The van der Waals surface area contributed by atoms with Crippen molar-refractivity contribution in [1.29, 1.82) is 0 Å². The highest BCUT2D eigenvalue weighted by Crippen LogP contribution is 2.09. The van der Waals surface area contributed by atoms with E-state index in [2.05, 4.69) is 10.1 Å². The quantitative estimate of drug-likeness (QED) is 0.792. The van der Waals surface area contributed by atoms with Gasteiger partial charge in [-0.3, -0.25) is 14.6 Å². The van der Waals surface area contributed by atoms with Crippen LogP contribution < -0.4 is 0 Å². The summed E-state index contributed by atoms with van der Waals surface area (Å²) in [6, 6.07) is 5.07. The van der Waals surface area contributed by atoms with Crippen molar-refractivity contribution in [1.82, 2.24) is 19.7 Å². The maximum Gasteiger partial charge on any atom is 0.273 e. The van der Waals surface area contributed by atoms with Gasteiger partial charge in [-0.25, -0.2) is 4.68 Å². The summed E-state index contributed by atoms with van der Waals surface area (Å²) in [7, 11) is 3.35. The smallest absolute Gasteiger partial charge is 0.273 e. The minimum absolute atomic E-state index is 0.000454. The van der Waals surface area contributed by atoms with Crippen LogP contribution in [-0.2, 0) is 0 Å². The van der Waals surface area contributed by atoms with Gasteiger partial charge >= 0.3 is 0 Å². The lowest BCUT2D eigenvalue weighted by Gasteiger charge is -2.07. The van der Waals surface area contributed by atoms with E-state index in [0.717, 1.165) is 0 Å². The van der Waals surface area contributed by atoms with Crippen molar-refractivity contribution < 1.29 is 9.59 Å². The summed E-state index contributed by atoms with van der Waals surface area (Å²) in [4.78, 5) is 28.8. The van der Waals surface area contributed by atoms with E-state index < -0.39 is 0 Å². The molecule has 0 saturated carbocycles. The average Bonchev–Trinajstić information content (AvgIpc) is 2.95. The molecule has 2 rings (SSSR count). The van der Waals surface area contributed by atoms with Gasteiger partial charge in [0.05, 0.1) is 11.9 Å². The second kappa shape index (κ2) is 5.64. The molecule has 0 bridgehead atoms. The molecule has 0 aliphatic heterocycles. The van der Waals surface area contributed by atoms with Crippen LogP contribution in [0.25, 0.3) is 5.69 Å². The molecular weight excluding hydrogens is 256 g/mol. The first-order valence-corrected chi connectivity index (χ1v) is 6.30. The first kappa shape index (κ1) is 13.9. The first-order chi connectivity index (χ1) is 9.52. The third-order valence-corrected chi connectivity index (χ3v) is 2.83. The molecule has 0 saturated heterocycles. The maximum atomic E-state index is 11.8. The Bertz CT molecular complexity index is 629. The Balaban J connectivity index is 2.24. The van der Waals surface area contributed by atoms with Crippen LogP contribution in [0, 0.1) is 0 Å². The minimum atomic E-state index is -0.158. The monoisotopic (exact) mass is 272 g/mol. The number of hydrogen-bond donors (Lipinski definition) is 0. The molecule has 0 aliphatic rings. The van der Waals surface area contributed by atoms with Gasteiger partial charge in [0.2, 0.25) is 0 Å². The van der Waals surface area contributed by atoms with Crippen LogP contribution in [0.2, 0.25) is 0 Å². The molecule has 1 amide bonds. The Morgan fingerprint density at radius 2 is 1.95 bits per heavy atom. The molecule has 0 fully saturated rings. The topological polar surface area (TPSA) is 68.1 Å². The van der Waals surface area contributed by atoms with Gasteiger partial charge < -0.3 is 4.90 Å². The van der Waals surface area contributed by atoms with Gasteiger partial charge in [-0.15, -0.1) is 0 Å². The highest BCUT2D eigenvalue weighted by atomic mass is 16.2. The third kappa shape index (κ3) is 2.74. The Kier molecular flexibility index (Phi) is 3.93. The number of amides is 1. The van der Waals surface area contributed by atoms with Crippen LogP contribution in [0.3, 0.4) is 0 Å². The summed E-state index contributed by atoms with van der Waals surface area (Å²) in [5, 5.41) is 4.20. The van der Waals surface area contributed by atoms with E-state index in [4.69, 9.17) is 0 Å². The van der Waals surface area contributed by atoms with Gasteiger partial charge in [-0.2, -0.15) is 5.10 Å². The second-order valence-corrected chi connectivity index (χ2v) is 4.52. The molecular formula is C14H16N4O2. The van der Waals surface area contributed by atoms with E-state index in [1.807, 2.05) is 0 Å². The van der Waals surface area contributed by atoms with Crippen LogP contribution in [0.4, 0.5) is 0 Å². The molecule has 0 unspecified atom stereocenters. The number of nitrogens with zero attached hydrogens (tertiary/aromatic N) is 4. The molecule has 6 nitrogen and oxygen atoms in total. The van der Waals surface area contributed by atoms with Gasteiger partial charge in [0, 0.05) is 26.7 Å². The second-order valence-electron chi connectivity index (χ2n) is 4.52. The van der Waals surface area contributed by atoms with E-state index in [-0.39, 0.29) is 11.7 Å². The van der Waals surface area contributed by atoms with E-state index >= 15 is 0 Å². The van der Waals surface area contributed by atoms with Gasteiger partial charge in [-0.05, 0) is 18.2 Å². The summed E-state index contributed by atoms with van der Waals surface area (Å²) >= 11 is 0. The molecule has 0 aromatic carbocycles. The predicted octanol–water partition coefficient (Wildman–Crippen LogP) is 1.56. The van der Waals surface area contributed by atoms with Crippen LogP contribution in [0.5, 0.6) is 0 Å². The van der Waals surface area contributed by atoms with Crippen molar-refractivity contribution in [3.8, 4) is 5.69 Å². The van der Waals surface area contributed by atoms with E-state index in [9.17, 15) is 9.59 Å². The maximum absolute atomic E-state index is 11.8. The van der Waals surface area contributed by atoms with Gasteiger partial charge in [0.15, 0.2) is 11.5 Å². The zero-order valence-corrected chi connectivity index (χ0v) is 11.7. The summed E-state index contributed by atoms with van der Waals surface area (Å²) in [6.07, 6.45) is 3.68. The number of carbonyl (C=O) groups excluding carboxylic acids is 2. The van der Waals surface area contributed by atoms with E-state index in [1.54, 1.807) is 56.3 Å². The standard InChI is InChI=1S/C14H16N4O2/c1-4-13(19)11-6-5-10(9-15-11)18-8-7-12(16-18)14(20)17(2)3/h5-9H,4H2,1-3H3. The van der Waals surface area contributed by atoms with Crippen molar-refractivity contribution in [2.24, 2.45) is 0 Å². The molecule has 0 spiro atoms. The molecule has 2 aromatic heterocycles. The fourth-order valence-corrected chi connectivity index (χ4v) is 1.68. The van der Waals surface area contributed by atoms with Crippen LogP contribution in [0.15, 0.2) is 30.6 Å². The van der Waals surface area contributed by atoms with Crippen molar-refractivity contribution >= 4 is 11.7 Å². The highest BCUT2D eigenvalue weighted by molar-refractivity contribution is 5.94. The molecule has 6 heteroatoms. The average molecular weight is 272 g/mol. The Labute approximate surface area is 117 Å². The lowest BCUT2D eigenvalue weighted by atomic mass is 10.2. The third-order valence-electron chi connectivity index (χ3n) is 2.83. The molecule has 0 radical (unpaired) electrons. The van der Waals surface area contributed by atoms with Crippen LogP contribution >= 0.6 is 0 Å². The highest BCUT2D eigenvalue weighted by Gasteiger charge is 2.12. The van der Waals surface area contributed by atoms with Gasteiger partial charge in [0.25, 0.3) is 5.91 Å². The summed E-state index contributed by atoms with van der Waals surface area (Å²) in [5.41, 5.74) is 1.51. The van der Waals surface area contributed by atoms with Crippen molar-refractivity contribution in [3.05, 3.63) is 42.0 Å². The Morgan fingerprint density at radius 1 is 1.20 bits per heavy atom. The molecule has 0 atom stereocenters. The largest absolute Gasteiger partial charge is 0.343 e. The number of hydrogen-bond acceptors (Lipinski definition) is 4. The SMILES string of the molecule is CCC(=O)c1ccc(-n2ccc(C(=O)N(C)C)n2)cn1. The van der Waals surface area contributed by atoms with E-state index in [0.29, 0.717) is 23.5 Å². The normalized spacial score (nSPS) is 10.3. The number of Topliss-reactive ketones (excluding diaryl/α,β-unsaturated/α-hetero) is 1.